The van der Waals surface area contributed by atoms with Gasteiger partial charge in [0, 0.05) is 19.7 Å². The second-order valence-corrected chi connectivity index (χ2v) is 5.75. The van der Waals surface area contributed by atoms with E-state index in [9.17, 15) is 17.2 Å². The number of halogens is 2. The highest BCUT2D eigenvalue weighted by Crippen LogP contribution is 2.20. The molecule has 1 atom stereocenters. The quantitative estimate of drug-likeness (QED) is 0.810. The van der Waals surface area contributed by atoms with Crippen LogP contribution in [0.2, 0.25) is 0 Å². The standard InChI is InChI=1S/C11H16F2N2O3S/c1-7(6-18-2)15-19(16,17)10-4-8(5-14)3-9(12)11(10)13/h3-4,7,15H,5-6,14H2,1-2H3. The molecule has 19 heavy (non-hydrogen) atoms. The van der Waals surface area contributed by atoms with Crippen molar-refractivity contribution < 1.29 is 21.9 Å². The Kier molecular flexibility index (Phi) is 5.36. The van der Waals surface area contributed by atoms with Crippen LogP contribution >= 0.6 is 0 Å². The molecule has 0 radical (unpaired) electrons. The summed E-state index contributed by atoms with van der Waals surface area (Å²) in [5, 5.41) is 0. The van der Waals surface area contributed by atoms with Gasteiger partial charge in [-0.25, -0.2) is 21.9 Å². The highest BCUT2D eigenvalue weighted by molar-refractivity contribution is 7.89. The zero-order valence-electron chi connectivity index (χ0n) is 10.6. The summed E-state index contributed by atoms with van der Waals surface area (Å²) >= 11 is 0. The number of ether oxygens (including phenoxy) is 1. The zero-order valence-corrected chi connectivity index (χ0v) is 11.4. The molecule has 0 bridgehead atoms. The summed E-state index contributed by atoms with van der Waals surface area (Å²) in [6.45, 7) is 1.56. The van der Waals surface area contributed by atoms with E-state index in [0.29, 0.717) is 0 Å². The highest BCUT2D eigenvalue weighted by Gasteiger charge is 2.24. The first-order valence-electron chi connectivity index (χ1n) is 5.51. The molecule has 0 aliphatic rings. The van der Waals surface area contributed by atoms with E-state index in [1.165, 1.54) is 7.11 Å². The lowest BCUT2D eigenvalue weighted by molar-refractivity contribution is 0.180. The monoisotopic (exact) mass is 294 g/mol. The maximum atomic E-state index is 13.6. The van der Waals surface area contributed by atoms with Gasteiger partial charge >= 0.3 is 0 Å². The van der Waals surface area contributed by atoms with Crippen molar-refractivity contribution in [1.29, 1.82) is 0 Å². The van der Waals surface area contributed by atoms with E-state index in [1.54, 1.807) is 6.92 Å². The first kappa shape index (κ1) is 16.0. The first-order chi connectivity index (χ1) is 8.81. The molecule has 0 aliphatic carbocycles. The van der Waals surface area contributed by atoms with Crippen LogP contribution in [0.3, 0.4) is 0 Å². The fraction of sp³-hybridized carbons (Fsp3) is 0.455. The summed E-state index contributed by atoms with van der Waals surface area (Å²) in [5.41, 5.74) is 5.50. The van der Waals surface area contributed by atoms with E-state index in [0.717, 1.165) is 12.1 Å². The minimum absolute atomic E-state index is 0.0899. The molecule has 1 unspecified atom stereocenters. The Morgan fingerprint density at radius 2 is 2.05 bits per heavy atom. The van der Waals surface area contributed by atoms with Gasteiger partial charge in [0.1, 0.15) is 4.90 Å². The van der Waals surface area contributed by atoms with Crippen molar-refractivity contribution in [1.82, 2.24) is 4.72 Å². The molecule has 0 heterocycles. The molecule has 1 aromatic carbocycles. The van der Waals surface area contributed by atoms with E-state index in [4.69, 9.17) is 10.5 Å². The summed E-state index contributed by atoms with van der Waals surface area (Å²) < 4.78 is 57.7. The average Bonchev–Trinajstić information content (AvgIpc) is 2.31. The summed E-state index contributed by atoms with van der Waals surface area (Å²) in [7, 11) is -2.77. The van der Waals surface area contributed by atoms with Crippen LogP contribution in [0.15, 0.2) is 17.0 Å². The van der Waals surface area contributed by atoms with Crippen molar-refractivity contribution in [2.75, 3.05) is 13.7 Å². The minimum atomic E-state index is -4.17. The molecule has 0 spiro atoms. The third-order valence-electron chi connectivity index (χ3n) is 2.35. The topological polar surface area (TPSA) is 81.4 Å². The van der Waals surface area contributed by atoms with Gasteiger partial charge in [0.2, 0.25) is 10.0 Å². The Hall–Kier alpha value is -1.09. The predicted molar refractivity (Wildman–Crippen MR) is 65.9 cm³/mol. The molecule has 0 fully saturated rings. The minimum Gasteiger partial charge on any atom is -0.383 e. The van der Waals surface area contributed by atoms with Crippen molar-refractivity contribution in [3.63, 3.8) is 0 Å². The molecule has 0 aliphatic heterocycles. The van der Waals surface area contributed by atoms with Crippen molar-refractivity contribution in [3.05, 3.63) is 29.3 Å². The summed E-state index contributed by atoms with van der Waals surface area (Å²) in [6, 6.07) is 1.31. The second-order valence-electron chi connectivity index (χ2n) is 4.07. The van der Waals surface area contributed by atoms with Crippen LogP contribution in [0.25, 0.3) is 0 Å². The smallest absolute Gasteiger partial charge is 0.243 e. The number of nitrogens with one attached hydrogen (secondary N) is 1. The van der Waals surface area contributed by atoms with Crippen LogP contribution in [0.1, 0.15) is 12.5 Å². The molecule has 1 aromatic rings. The number of rotatable bonds is 6. The number of nitrogens with two attached hydrogens (primary N) is 1. The van der Waals surface area contributed by atoms with Crippen molar-refractivity contribution in [2.24, 2.45) is 5.73 Å². The van der Waals surface area contributed by atoms with Crippen molar-refractivity contribution in [2.45, 2.75) is 24.4 Å². The lowest BCUT2D eigenvalue weighted by Crippen LogP contribution is -2.36. The van der Waals surface area contributed by atoms with Gasteiger partial charge in [-0.1, -0.05) is 0 Å². The van der Waals surface area contributed by atoms with Gasteiger partial charge in [-0.15, -0.1) is 0 Å². The number of benzene rings is 1. The largest absolute Gasteiger partial charge is 0.383 e. The maximum Gasteiger partial charge on any atom is 0.243 e. The normalized spacial score (nSPS) is 13.5. The van der Waals surface area contributed by atoms with Crippen molar-refractivity contribution in [3.8, 4) is 0 Å². The Balaban J connectivity index is 3.17. The fourth-order valence-electron chi connectivity index (χ4n) is 1.54. The zero-order chi connectivity index (χ0) is 14.6. The van der Waals surface area contributed by atoms with Crippen LogP contribution in [-0.4, -0.2) is 28.2 Å². The second kappa shape index (κ2) is 6.38. The van der Waals surface area contributed by atoms with Gasteiger partial charge in [0.05, 0.1) is 6.61 Å². The van der Waals surface area contributed by atoms with Crippen LogP contribution in [0, 0.1) is 11.6 Å². The summed E-state index contributed by atoms with van der Waals surface area (Å²) in [5.74, 6) is -2.67. The lowest BCUT2D eigenvalue weighted by atomic mass is 10.2. The maximum absolute atomic E-state index is 13.6. The molecule has 5 nitrogen and oxygen atoms in total. The lowest BCUT2D eigenvalue weighted by Gasteiger charge is -2.14. The average molecular weight is 294 g/mol. The fourth-order valence-corrected chi connectivity index (χ4v) is 2.91. The van der Waals surface area contributed by atoms with Gasteiger partial charge in [-0.3, -0.25) is 0 Å². The first-order valence-corrected chi connectivity index (χ1v) is 6.99. The van der Waals surface area contributed by atoms with Crippen LogP contribution < -0.4 is 10.5 Å². The third-order valence-corrected chi connectivity index (χ3v) is 3.94. The molecular weight excluding hydrogens is 278 g/mol. The van der Waals surface area contributed by atoms with E-state index in [1.807, 2.05) is 0 Å². The van der Waals surface area contributed by atoms with E-state index in [2.05, 4.69) is 4.72 Å². The third kappa shape index (κ3) is 3.93. The van der Waals surface area contributed by atoms with Gasteiger partial charge < -0.3 is 10.5 Å². The van der Waals surface area contributed by atoms with Gasteiger partial charge in [0.15, 0.2) is 11.6 Å². The van der Waals surface area contributed by atoms with Crippen LogP contribution in [0.5, 0.6) is 0 Å². The molecule has 0 saturated heterocycles. The molecule has 0 saturated carbocycles. The van der Waals surface area contributed by atoms with Gasteiger partial charge in [0.25, 0.3) is 0 Å². The number of hydrogen-bond donors (Lipinski definition) is 2. The molecule has 0 aromatic heterocycles. The molecule has 0 amide bonds. The SMILES string of the molecule is COCC(C)NS(=O)(=O)c1cc(CN)cc(F)c1F. The van der Waals surface area contributed by atoms with Gasteiger partial charge in [-0.05, 0) is 24.6 Å². The Morgan fingerprint density at radius 1 is 1.42 bits per heavy atom. The molecule has 1 rings (SSSR count). The van der Waals surface area contributed by atoms with E-state index < -0.39 is 32.6 Å². The van der Waals surface area contributed by atoms with Crippen LogP contribution in [0.4, 0.5) is 8.78 Å². The molecule has 108 valence electrons. The molecular formula is C11H16F2N2O3S. The molecule has 8 heteroatoms. The Bertz CT molecular complexity index is 549. The molecule has 3 N–H and O–H groups in total. The predicted octanol–water partition coefficient (Wildman–Crippen LogP) is 0.737. The summed E-state index contributed by atoms with van der Waals surface area (Å²) in [6.07, 6.45) is 0. The van der Waals surface area contributed by atoms with Gasteiger partial charge in [-0.2, -0.15) is 0 Å². The Morgan fingerprint density at radius 3 is 2.58 bits per heavy atom. The summed E-state index contributed by atoms with van der Waals surface area (Å²) in [4.78, 5) is -0.754. The number of sulfonamides is 1. The van der Waals surface area contributed by atoms with Crippen LogP contribution in [-0.2, 0) is 21.3 Å². The highest BCUT2D eigenvalue weighted by atomic mass is 32.2. The van der Waals surface area contributed by atoms with Crippen molar-refractivity contribution >= 4 is 10.0 Å². The Labute approximate surface area is 110 Å². The number of methoxy groups -OCH3 is 1. The van der Waals surface area contributed by atoms with E-state index in [-0.39, 0.29) is 18.7 Å². The van der Waals surface area contributed by atoms with E-state index >= 15 is 0 Å². The number of hydrogen-bond acceptors (Lipinski definition) is 4.